The number of carbonyl (C=O) groups excluding carboxylic acids is 1. The summed E-state index contributed by atoms with van der Waals surface area (Å²) < 4.78 is 33.3. The van der Waals surface area contributed by atoms with E-state index in [4.69, 9.17) is 24.3 Å². The number of hydrogen-bond acceptors (Lipinski definition) is 7. The molecule has 0 aromatic heterocycles. The molecule has 0 aromatic carbocycles. The molecule has 0 fully saturated rings. The molecule has 8 nitrogen and oxygen atoms in total. The highest BCUT2D eigenvalue weighted by molar-refractivity contribution is 7.47. The summed E-state index contributed by atoms with van der Waals surface area (Å²) in [6.45, 7) is 4.96. The van der Waals surface area contributed by atoms with Crippen LogP contribution < -0.4 is 5.73 Å². The lowest BCUT2D eigenvalue weighted by Crippen LogP contribution is -2.28. The Labute approximate surface area is 284 Å². The van der Waals surface area contributed by atoms with Crippen LogP contribution in [-0.2, 0) is 27.9 Å². The van der Waals surface area contributed by atoms with Gasteiger partial charge in [-0.25, -0.2) is 4.57 Å². The Balaban J connectivity index is 4.03. The fourth-order valence-electron chi connectivity index (χ4n) is 5.64. The summed E-state index contributed by atoms with van der Waals surface area (Å²) in [6.07, 6.45) is 33.9. The average Bonchev–Trinajstić information content (AvgIpc) is 3.04. The zero-order valence-electron chi connectivity index (χ0n) is 30.3. The normalized spacial score (nSPS) is 13.6. The van der Waals surface area contributed by atoms with E-state index in [1.165, 1.54) is 141 Å². The van der Waals surface area contributed by atoms with E-state index in [0.29, 0.717) is 13.0 Å². The molecule has 2 atom stereocenters. The van der Waals surface area contributed by atoms with Gasteiger partial charge in [0.25, 0.3) is 0 Å². The van der Waals surface area contributed by atoms with Gasteiger partial charge in [-0.2, -0.15) is 0 Å². The van der Waals surface area contributed by atoms with Crippen molar-refractivity contribution in [2.75, 3.05) is 33.0 Å². The molecule has 0 radical (unpaired) electrons. The van der Waals surface area contributed by atoms with Gasteiger partial charge in [-0.1, -0.05) is 174 Å². The quantitative estimate of drug-likeness (QED) is 0.0377. The van der Waals surface area contributed by atoms with Crippen molar-refractivity contribution in [3.05, 3.63) is 0 Å². The lowest BCUT2D eigenvalue weighted by molar-refractivity contribution is -0.154. The molecule has 46 heavy (non-hydrogen) atoms. The Hall–Kier alpha value is -0.500. The molecule has 0 saturated carbocycles. The number of carbonyl (C=O) groups is 1. The minimum absolute atomic E-state index is 0.0904. The van der Waals surface area contributed by atoms with Crippen molar-refractivity contribution >= 4 is 13.8 Å². The molecule has 0 aromatic rings. The van der Waals surface area contributed by atoms with E-state index in [1.54, 1.807) is 0 Å². The van der Waals surface area contributed by atoms with Crippen LogP contribution in [0.1, 0.15) is 194 Å². The second-order valence-electron chi connectivity index (χ2n) is 13.2. The van der Waals surface area contributed by atoms with Crippen molar-refractivity contribution in [2.24, 2.45) is 5.73 Å². The molecule has 0 heterocycles. The summed E-state index contributed by atoms with van der Waals surface area (Å²) >= 11 is 0. The summed E-state index contributed by atoms with van der Waals surface area (Å²) in [5, 5.41) is 0. The van der Waals surface area contributed by atoms with Crippen LogP contribution in [-0.4, -0.2) is 49.9 Å². The van der Waals surface area contributed by atoms with Crippen molar-refractivity contribution in [1.82, 2.24) is 0 Å². The number of nitrogens with two attached hydrogens (primary N) is 1. The molecule has 0 aliphatic rings. The smallest absolute Gasteiger partial charge is 0.457 e. The highest BCUT2D eigenvalue weighted by Crippen LogP contribution is 2.43. The molecule has 2 unspecified atom stereocenters. The van der Waals surface area contributed by atoms with E-state index >= 15 is 0 Å². The number of ether oxygens (including phenoxy) is 2. The van der Waals surface area contributed by atoms with Crippen LogP contribution in [0.5, 0.6) is 0 Å². The first-order chi connectivity index (χ1) is 22.4. The minimum Gasteiger partial charge on any atom is -0.457 e. The van der Waals surface area contributed by atoms with Crippen LogP contribution in [0.25, 0.3) is 0 Å². The predicted octanol–water partition coefficient (Wildman–Crippen LogP) is 11.0. The van der Waals surface area contributed by atoms with Gasteiger partial charge in [0.05, 0.1) is 19.8 Å². The molecule has 0 bridgehead atoms. The average molecular weight is 678 g/mol. The van der Waals surface area contributed by atoms with Crippen molar-refractivity contribution in [2.45, 2.75) is 200 Å². The molecule has 0 rings (SSSR count). The zero-order chi connectivity index (χ0) is 33.8. The second-order valence-corrected chi connectivity index (χ2v) is 14.6. The molecule has 0 aliphatic heterocycles. The van der Waals surface area contributed by atoms with Crippen LogP contribution in [0.15, 0.2) is 0 Å². The van der Waals surface area contributed by atoms with E-state index < -0.39 is 13.9 Å². The first-order valence-corrected chi connectivity index (χ1v) is 21.0. The standard InChI is InChI=1S/C37H76NO7P/c1-3-5-7-9-11-13-15-17-18-19-20-22-24-26-28-30-37(39)45-36(35-44-46(40,41)43-33-31-38)34-42-32-29-27-25-23-21-16-14-12-10-8-6-4-2/h36H,3-35,38H2,1-2H3,(H,40,41). The lowest BCUT2D eigenvalue weighted by atomic mass is 10.0. The van der Waals surface area contributed by atoms with Crippen molar-refractivity contribution < 1.29 is 32.8 Å². The Morgan fingerprint density at radius 2 is 0.957 bits per heavy atom. The third-order valence-corrected chi connectivity index (χ3v) is 9.51. The monoisotopic (exact) mass is 678 g/mol. The molecular weight excluding hydrogens is 601 g/mol. The summed E-state index contributed by atoms with van der Waals surface area (Å²) in [5.74, 6) is -0.326. The summed E-state index contributed by atoms with van der Waals surface area (Å²) in [7, 11) is -4.26. The fourth-order valence-corrected chi connectivity index (χ4v) is 6.41. The predicted molar refractivity (Wildman–Crippen MR) is 192 cm³/mol. The SMILES string of the molecule is CCCCCCCCCCCCCCCCCC(=O)OC(COCCCCCCCCCCCCCC)COP(=O)(O)OCCN. The van der Waals surface area contributed by atoms with E-state index in [2.05, 4.69) is 13.8 Å². The molecule has 9 heteroatoms. The summed E-state index contributed by atoms with van der Waals surface area (Å²) in [6, 6.07) is 0. The van der Waals surface area contributed by atoms with Crippen molar-refractivity contribution in [1.29, 1.82) is 0 Å². The largest absolute Gasteiger partial charge is 0.472 e. The Morgan fingerprint density at radius 1 is 0.565 bits per heavy atom. The topological polar surface area (TPSA) is 117 Å². The minimum atomic E-state index is -4.26. The van der Waals surface area contributed by atoms with Gasteiger partial charge in [0, 0.05) is 19.6 Å². The zero-order valence-corrected chi connectivity index (χ0v) is 31.2. The first kappa shape index (κ1) is 45.5. The van der Waals surface area contributed by atoms with E-state index in [9.17, 15) is 14.3 Å². The maximum Gasteiger partial charge on any atom is 0.472 e. The maximum absolute atomic E-state index is 12.5. The Kier molecular flexibility index (Phi) is 35.4. The first-order valence-electron chi connectivity index (χ1n) is 19.5. The van der Waals surface area contributed by atoms with E-state index in [-0.39, 0.29) is 32.3 Å². The van der Waals surface area contributed by atoms with Crippen molar-refractivity contribution in [3.63, 3.8) is 0 Å². The third kappa shape index (κ3) is 34.8. The van der Waals surface area contributed by atoms with E-state index in [0.717, 1.165) is 32.1 Å². The molecule has 3 N–H and O–H groups in total. The molecule has 0 amide bonds. The van der Waals surface area contributed by atoms with Gasteiger partial charge in [-0.15, -0.1) is 0 Å². The third-order valence-electron chi connectivity index (χ3n) is 8.52. The molecule has 0 saturated heterocycles. The van der Waals surface area contributed by atoms with Crippen molar-refractivity contribution in [3.8, 4) is 0 Å². The summed E-state index contributed by atoms with van der Waals surface area (Å²) in [4.78, 5) is 22.4. The lowest BCUT2D eigenvalue weighted by Gasteiger charge is -2.20. The highest BCUT2D eigenvalue weighted by Gasteiger charge is 2.25. The molecule has 276 valence electrons. The number of hydrogen-bond donors (Lipinski definition) is 2. The number of phosphoric acid groups is 1. The Morgan fingerprint density at radius 3 is 1.37 bits per heavy atom. The number of rotatable bonds is 38. The fraction of sp³-hybridized carbons (Fsp3) is 0.973. The number of esters is 1. The van der Waals surface area contributed by atoms with Gasteiger partial charge in [0.1, 0.15) is 6.10 Å². The number of unbranched alkanes of at least 4 members (excludes halogenated alkanes) is 25. The molecular formula is C37H76NO7P. The second kappa shape index (κ2) is 35.8. The Bertz CT molecular complexity index is 682. The van der Waals surface area contributed by atoms with Crippen LogP contribution in [0, 0.1) is 0 Å². The van der Waals surface area contributed by atoms with E-state index in [1.807, 2.05) is 0 Å². The maximum atomic E-state index is 12.5. The van der Waals surface area contributed by atoms with Gasteiger partial charge in [0.15, 0.2) is 0 Å². The molecule has 0 aliphatic carbocycles. The van der Waals surface area contributed by atoms with Crippen LogP contribution in [0.4, 0.5) is 0 Å². The highest BCUT2D eigenvalue weighted by atomic mass is 31.2. The van der Waals surface area contributed by atoms with Crippen LogP contribution in [0.2, 0.25) is 0 Å². The summed E-state index contributed by atoms with van der Waals surface area (Å²) in [5.41, 5.74) is 5.35. The van der Waals surface area contributed by atoms with Gasteiger partial charge in [0.2, 0.25) is 0 Å². The van der Waals surface area contributed by atoms with Crippen LogP contribution in [0.3, 0.4) is 0 Å². The molecule has 0 spiro atoms. The van der Waals surface area contributed by atoms with Crippen LogP contribution >= 0.6 is 7.82 Å². The van der Waals surface area contributed by atoms with Gasteiger partial charge >= 0.3 is 13.8 Å². The van der Waals surface area contributed by atoms with Gasteiger partial charge < -0.3 is 20.1 Å². The number of phosphoric ester groups is 1. The van der Waals surface area contributed by atoms with Gasteiger partial charge in [-0.3, -0.25) is 13.8 Å². The van der Waals surface area contributed by atoms with Gasteiger partial charge in [-0.05, 0) is 12.8 Å².